The fraction of sp³-hybridized carbons (Fsp3) is 0.500. The van der Waals surface area contributed by atoms with Gasteiger partial charge in [0.15, 0.2) is 0 Å². The average molecular weight is 328 g/mol. The zero-order chi connectivity index (χ0) is 13.4. The number of benzene rings is 1. The molecule has 3 nitrogen and oxygen atoms in total. The summed E-state index contributed by atoms with van der Waals surface area (Å²) in [6.45, 7) is 1.63. The van der Waals surface area contributed by atoms with E-state index in [4.69, 9.17) is 4.74 Å². The van der Waals surface area contributed by atoms with Gasteiger partial charge in [-0.15, -0.1) is 0 Å². The number of ether oxygens (including phenoxy) is 1. The summed E-state index contributed by atoms with van der Waals surface area (Å²) in [6.07, 6.45) is 2.08. The lowest BCUT2D eigenvalue weighted by Gasteiger charge is -2.31. The molecule has 0 bridgehead atoms. The van der Waals surface area contributed by atoms with Crippen LogP contribution in [0.1, 0.15) is 24.0 Å². The van der Waals surface area contributed by atoms with Crippen LogP contribution < -0.4 is 0 Å². The molecule has 1 fully saturated rings. The Morgan fingerprint density at radius 2 is 2.26 bits per heavy atom. The summed E-state index contributed by atoms with van der Waals surface area (Å²) in [5.41, 5.74) is 1.61. The van der Waals surface area contributed by atoms with Gasteiger partial charge in [-0.25, -0.2) is 4.39 Å². The Kier molecular flexibility index (Phi) is 3.58. The Morgan fingerprint density at radius 1 is 1.42 bits per heavy atom. The predicted molar refractivity (Wildman–Crippen MR) is 72.2 cm³/mol. The number of halogens is 2. The molecule has 0 aliphatic carbocycles. The quantitative estimate of drug-likeness (QED) is 0.793. The number of amides is 1. The SMILES string of the molecule is O=C([C@H]1CCCO1)N1CCc2c(Br)ccc(F)c2C1. The van der Waals surface area contributed by atoms with E-state index in [1.165, 1.54) is 6.07 Å². The Bertz CT molecular complexity index is 514. The second-order valence-electron chi connectivity index (χ2n) is 5.00. The summed E-state index contributed by atoms with van der Waals surface area (Å²) < 4.78 is 20.2. The molecule has 1 aromatic rings. The maximum atomic E-state index is 13.9. The van der Waals surface area contributed by atoms with E-state index in [1.54, 1.807) is 11.0 Å². The lowest BCUT2D eigenvalue weighted by atomic mass is 9.98. The van der Waals surface area contributed by atoms with Gasteiger partial charge in [0, 0.05) is 29.7 Å². The molecule has 0 unspecified atom stereocenters. The van der Waals surface area contributed by atoms with Crippen molar-refractivity contribution >= 4 is 21.8 Å². The second-order valence-corrected chi connectivity index (χ2v) is 5.85. The van der Waals surface area contributed by atoms with Crippen LogP contribution in [-0.4, -0.2) is 30.1 Å². The van der Waals surface area contributed by atoms with Gasteiger partial charge >= 0.3 is 0 Å². The van der Waals surface area contributed by atoms with Gasteiger partial charge in [0.1, 0.15) is 11.9 Å². The molecule has 1 amide bonds. The third-order valence-electron chi connectivity index (χ3n) is 3.81. The molecule has 0 saturated carbocycles. The fourth-order valence-corrected chi connectivity index (χ4v) is 3.33. The van der Waals surface area contributed by atoms with Crippen molar-refractivity contribution in [2.45, 2.75) is 31.9 Å². The Labute approximate surface area is 119 Å². The van der Waals surface area contributed by atoms with E-state index in [0.29, 0.717) is 31.7 Å². The molecule has 1 aromatic carbocycles. The van der Waals surface area contributed by atoms with Crippen LogP contribution in [0.3, 0.4) is 0 Å². The van der Waals surface area contributed by atoms with Gasteiger partial charge in [0.05, 0.1) is 0 Å². The fourth-order valence-electron chi connectivity index (χ4n) is 2.76. The van der Waals surface area contributed by atoms with Gasteiger partial charge in [0.25, 0.3) is 5.91 Å². The molecule has 2 heterocycles. The molecule has 0 N–H and O–H groups in total. The summed E-state index contributed by atoms with van der Waals surface area (Å²) >= 11 is 3.44. The van der Waals surface area contributed by atoms with Crippen LogP contribution in [0.4, 0.5) is 4.39 Å². The lowest BCUT2D eigenvalue weighted by Crippen LogP contribution is -2.42. The third kappa shape index (κ3) is 2.41. The van der Waals surface area contributed by atoms with Crippen molar-refractivity contribution in [2.75, 3.05) is 13.2 Å². The van der Waals surface area contributed by atoms with Crippen LogP contribution in [0.25, 0.3) is 0 Å². The molecule has 0 radical (unpaired) electrons. The van der Waals surface area contributed by atoms with E-state index in [2.05, 4.69) is 15.9 Å². The Morgan fingerprint density at radius 3 is 3.00 bits per heavy atom. The van der Waals surface area contributed by atoms with Crippen molar-refractivity contribution in [1.29, 1.82) is 0 Å². The molecular formula is C14H15BrFNO2. The molecular weight excluding hydrogens is 313 g/mol. The largest absolute Gasteiger partial charge is 0.368 e. The van der Waals surface area contributed by atoms with Crippen molar-refractivity contribution in [3.63, 3.8) is 0 Å². The predicted octanol–water partition coefficient (Wildman–Crippen LogP) is 2.65. The molecule has 102 valence electrons. The van der Waals surface area contributed by atoms with Gasteiger partial charge < -0.3 is 9.64 Å². The molecule has 1 atom stereocenters. The van der Waals surface area contributed by atoms with E-state index in [0.717, 1.165) is 22.9 Å². The molecule has 5 heteroatoms. The highest BCUT2D eigenvalue weighted by Gasteiger charge is 2.31. The Balaban J connectivity index is 1.82. The summed E-state index contributed by atoms with van der Waals surface area (Å²) in [6, 6.07) is 3.18. The highest BCUT2D eigenvalue weighted by molar-refractivity contribution is 9.10. The molecule has 2 aliphatic heterocycles. The normalized spacial score (nSPS) is 22.4. The van der Waals surface area contributed by atoms with Gasteiger partial charge in [0.2, 0.25) is 0 Å². The first kappa shape index (κ1) is 13.1. The van der Waals surface area contributed by atoms with E-state index in [1.807, 2.05) is 0 Å². The van der Waals surface area contributed by atoms with Crippen molar-refractivity contribution < 1.29 is 13.9 Å². The lowest BCUT2D eigenvalue weighted by molar-refractivity contribution is -0.141. The zero-order valence-corrected chi connectivity index (χ0v) is 12.1. The van der Waals surface area contributed by atoms with Crippen molar-refractivity contribution in [2.24, 2.45) is 0 Å². The smallest absolute Gasteiger partial charge is 0.252 e. The molecule has 0 spiro atoms. The maximum Gasteiger partial charge on any atom is 0.252 e. The molecule has 3 rings (SSSR count). The van der Waals surface area contributed by atoms with Crippen LogP contribution in [-0.2, 0) is 22.5 Å². The van der Waals surface area contributed by atoms with Crippen LogP contribution in [0, 0.1) is 5.82 Å². The maximum absolute atomic E-state index is 13.9. The highest BCUT2D eigenvalue weighted by atomic mass is 79.9. The first-order valence-corrected chi connectivity index (χ1v) is 7.32. The summed E-state index contributed by atoms with van der Waals surface area (Å²) in [5.74, 6) is -0.231. The topological polar surface area (TPSA) is 29.5 Å². The number of hydrogen-bond acceptors (Lipinski definition) is 2. The number of carbonyl (C=O) groups is 1. The second kappa shape index (κ2) is 5.21. The number of nitrogens with zero attached hydrogens (tertiary/aromatic N) is 1. The molecule has 0 aromatic heterocycles. The number of carbonyl (C=O) groups excluding carboxylic acids is 1. The summed E-state index contributed by atoms with van der Waals surface area (Å²) in [7, 11) is 0. The Hall–Kier alpha value is -0.940. The van der Waals surface area contributed by atoms with E-state index in [-0.39, 0.29) is 17.8 Å². The number of hydrogen-bond donors (Lipinski definition) is 0. The van der Waals surface area contributed by atoms with Crippen molar-refractivity contribution in [3.8, 4) is 0 Å². The van der Waals surface area contributed by atoms with Gasteiger partial charge in [-0.3, -0.25) is 4.79 Å². The minimum Gasteiger partial charge on any atom is -0.368 e. The van der Waals surface area contributed by atoms with Gasteiger partial charge in [-0.1, -0.05) is 15.9 Å². The standard InChI is InChI=1S/C14H15BrFNO2/c15-11-3-4-12(16)10-8-17(6-5-9(10)11)14(18)13-2-1-7-19-13/h3-4,13H,1-2,5-8H2/t13-/m1/s1. The van der Waals surface area contributed by atoms with Crippen LogP contribution in [0.15, 0.2) is 16.6 Å². The zero-order valence-electron chi connectivity index (χ0n) is 10.5. The summed E-state index contributed by atoms with van der Waals surface area (Å²) in [4.78, 5) is 14.0. The van der Waals surface area contributed by atoms with Crippen LogP contribution in [0.5, 0.6) is 0 Å². The number of rotatable bonds is 1. The van der Waals surface area contributed by atoms with Gasteiger partial charge in [-0.2, -0.15) is 0 Å². The minimum absolute atomic E-state index is 0.00234. The molecule has 2 aliphatic rings. The first-order chi connectivity index (χ1) is 9.16. The first-order valence-electron chi connectivity index (χ1n) is 6.53. The van der Waals surface area contributed by atoms with Crippen LogP contribution in [0.2, 0.25) is 0 Å². The highest BCUT2D eigenvalue weighted by Crippen LogP contribution is 2.29. The van der Waals surface area contributed by atoms with E-state index in [9.17, 15) is 9.18 Å². The van der Waals surface area contributed by atoms with E-state index < -0.39 is 0 Å². The van der Waals surface area contributed by atoms with Crippen molar-refractivity contribution in [3.05, 3.63) is 33.5 Å². The average Bonchev–Trinajstić information content (AvgIpc) is 2.96. The summed E-state index contributed by atoms with van der Waals surface area (Å²) in [5, 5.41) is 0. The number of fused-ring (bicyclic) bond motifs is 1. The molecule has 19 heavy (non-hydrogen) atoms. The van der Waals surface area contributed by atoms with Crippen molar-refractivity contribution in [1.82, 2.24) is 4.90 Å². The molecule has 1 saturated heterocycles. The van der Waals surface area contributed by atoms with Gasteiger partial charge in [-0.05, 0) is 37.0 Å². The van der Waals surface area contributed by atoms with Crippen LogP contribution >= 0.6 is 15.9 Å². The minimum atomic E-state index is -0.322. The van der Waals surface area contributed by atoms with E-state index >= 15 is 0 Å². The monoisotopic (exact) mass is 327 g/mol. The third-order valence-corrected chi connectivity index (χ3v) is 4.56.